The Morgan fingerprint density at radius 1 is 0.711 bits per heavy atom. The molecule has 3 fully saturated rings. The third-order valence-corrected chi connectivity index (χ3v) is 6.46. The lowest BCUT2D eigenvalue weighted by atomic mass is 9.94. The predicted octanol–water partition coefficient (Wildman–Crippen LogP) is -7.34. The number of aliphatic hydroxyl groups excluding tert-OH is 9. The number of carboxylic acids is 1. The Morgan fingerprint density at radius 3 is 1.84 bits per heavy atom. The van der Waals surface area contributed by atoms with E-state index in [4.69, 9.17) is 23.7 Å². The lowest BCUT2D eigenvalue weighted by molar-refractivity contribution is -0.362. The molecule has 0 radical (unpaired) electrons. The van der Waals surface area contributed by atoms with Gasteiger partial charge in [0.15, 0.2) is 25.0 Å². The first kappa shape index (κ1) is 30.9. The molecule has 11 N–H and O–H groups in total. The van der Waals surface area contributed by atoms with Crippen molar-refractivity contribution >= 4 is 11.9 Å². The van der Waals surface area contributed by atoms with Crippen LogP contribution >= 0.6 is 0 Å². The largest absolute Gasteiger partial charge is 0.479 e. The maximum atomic E-state index is 11.9. The molecular weight excluding hydrogens is 526 g/mol. The average Bonchev–Trinajstić information content (AvgIpc) is 2.87. The molecule has 0 saturated carbocycles. The molecule has 3 rings (SSSR count). The SMILES string of the molecule is CC(=O)N[C@H]1[C@H](O[C@H]2[C@H](O)[C@@H](O)[C@H](O)O[C@@H]2C(=O)O)O[C@H](CO)[C@@H](O[C@@H]2O[C@H](CO)[C@@H](O)[C@H](O)[C@H]2O)[C@@H]1O. The summed E-state index contributed by atoms with van der Waals surface area (Å²) in [7, 11) is 0. The summed E-state index contributed by atoms with van der Waals surface area (Å²) in [4.78, 5) is 23.5. The Hall–Kier alpha value is -1.62. The number of aliphatic hydroxyl groups is 9. The van der Waals surface area contributed by atoms with E-state index in [1.807, 2.05) is 0 Å². The highest BCUT2D eigenvalue weighted by molar-refractivity contribution is 5.74. The van der Waals surface area contributed by atoms with Gasteiger partial charge in [-0.2, -0.15) is 0 Å². The molecule has 1 amide bonds. The van der Waals surface area contributed by atoms with E-state index in [0.717, 1.165) is 6.92 Å². The van der Waals surface area contributed by atoms with Crippen LogP contribution in [0.3, 0.4) is 0 Å². The molecule has 15 atom stereocenters. The van der Waals surface area contributed by atoms with Crippen LogP contribution in [0.2, 0.25) is 0 Å². The van der Waals surface area contributed by atoms with Gasteiger partial charge < -0.3 is 80.1 Å². The fourth-order valence-corrected chi connectivity index (χ4v) is 4.43. The summed E-state index contributed by atoms with van der Waals surface area (Å²) in [5.41, 5.74) is 0. The van der Waals surface area contributed by atoms with Crippen LogP contribution in [0.15, 0.2) is 0 Å². The van der Waals surface area contributed by atoms with E-state index in [-0.39, 0.29) is 0 Å². The number of carbonyl (C=O) groups excluding carboxylic acids is 1. The Morgan fingerprint density at radius 2 is 1.29 bits per heavy atom. The quantitative estimate of drug-likeness (QED) is 0.132. The molecule has 3 aliphatic rings. The van der Waals surface area contributed by atoms with Gasteiger partial charge in [0.2, 0.25) is 5.91 Å². The maximum absolute atomic E-state index is 11.9. The van der Waals surface area contributed by atoms with Crippen LogP contribution in [0.5, 0.6) is 0 Å². The van der Waals surface area contributed by atoms with E-state index in [9.17, 15) is 60.7 Å². The van der Waals surface area contributed by atoms with Gasteiger partial charge in [0.05, 0.1) is 13.2 Å². The summed E-state index contributed by atoms with van der Waals surface area (Å²) < 4.78 is 26.6. The van der Waals surface area contributed by atoms with Crippen molar-refractivity contribution in [3.63, 3.8) is 0 Å². The number of nitrogens with one attached hydrogen (secondary N) is 1. The van der Waals surface area contributed by atoms with E-state index in [2.05, 4.69) is 5.32 Å². The van der Waals surface area contributed by atoms with Gasteiger partial charge in [-0.1, -0.05) is 0 Å². The van der Waals surface area contributed by atoms with Crippen LogP contribution < -0.4 is 5.32 Å². The first-order valence-electron chi connectivity index (χ1n) is 11.6. The summed E-state index contributed by atoms with van der Waals surface area (Å²) in [5.74, 6) is -2.44. The zero-order valence-corrected chi connectivity index (χ0v) is 19.9. The van der Waals surface area contributed by atoms with Gasteiger partial charge in [-0.05, 0) is 0 Å². The van der Waals surface area contributed by atoms with E-state index >= 15 is 0 Å². The molecule has 3 heterocycles. The summed E-state index contributed by atoms with van der Waals surface area (Å²) in [6.45, 7) is -0.618. The zero-order valence-electron chi connectivity index (χ0n) is 19.9. The van der Waals surface area contributed by atoms with Gasteiger partial charge in [0.1, 0.15) is 67.1 Å². The molecule has 220 valence electrons. The van der Waals surface area contributed by atoms with Gasteiger partial charge in [-0.3, -0.25) is 4.79 Å². The van der Waals surface area contributed by atoms with Gasteiger partial charge in [-0.15, -0.1) is 0 Å². The molecule has 0 aliphatic carbocycles. The number of ether oxygens (including phenoxy) is 5. The van der Waals surface area contributed by atoms with E-state index in [0.29, 0.717) is 0 Å². The van der Waals surface area contributed by atoms with Crippen molar-refractivity contribution in [2.24, 2.45) is 0 Å². The first-order valence-corrected chi connectivity index (χ1v) is 11.6. The standard InChI is InChI=1S/C20H33NO17/c1-4(24)21-7-9(26)14(37-20-13(30)10(27)8(25)5(2-22)34-20)6(3-23)35-19(7)38-15-11(28)12(29)18(33)36-16(15)17(31)32/h5-16,18-20,22-23,25-30,33H,2-3H2,1H3,(H,21,24)(H,31,32)/t5-,6-,7-,8-,9-,10+,11-,12-,13-,14-,15+,16+,18-,19+,20+/m1/s1. The molecule has 0 aromatic rings. The van der Waals surface area contributed by atoms with Crippen molar-refractivity contribution < 1.29 is 84.3 Å². The number of carboxylic acid groups (broad SMARTS) is 1. The van der Waals surface area contributed by atoms with Crippen molar-refractivity contribution in [1.29, 1.82) is 0 Å². The van der Waals surface area contributed by atoms with Crippen LogP contribution in [-0.4, -0.2) is 168 Å². The van der Waals surface area contributed by atoms with Crippen LogP contribution in [0.1, 0.15) is 6.92 Å². The number of hydrogen-bond donors (Lipinski definition) is 11. The molecule has 0 spiro atoms. The van der Waals surface area contributed by atoms with E-state index in [1.54, 1.807) is 0 Å². The number of amides is 1. The minimum Gasteiger partial charge on any atom is -0.479 e. The van der Waals surface area contributed by atoms with Crippen LogP contribution in [0.25, 0.3) is 0 Å². The Bertz CT molecular complexity index is 816. The summed E-state index contributed by atoms with van der Waals surface area (Å²) in [6, 6.07) is -1.59. The maximum Gasteiger partial charge on any atom is 0.335 e. The van der Waals surface area contributed by atoms with E-state index < -0.39 is 117 Å². The highest BCUT2D eigenvalue weighted by Gasteiger charge is 2.54. The van der Waals surface area contributed by atoms with Crippen molar-refractivity contribution in [2.75, 3.05) is 13.2 Å². The molecule has 0 aromatic heterocycles. The van der Waals surface area contributed by atoms with Crippen LogP contribution in [-0.2, 0) is 33.3 Å². The molecule has 18 heteroatoms. The fourth-order valence-electron chi connectivity index (χ4n) is 4.43. The summed E-state index contributed by atoms with van der Waals surface area (Å²) in [6.07, 6.45) is -25.4. The third-order valence-electron chi connectivity index (χ3n) is 6.46. The van der Waals surface area contributed by atoms with Crippen molar-refractivity contribution in [1.82, 2.24) is 5.32 Å². The highest BCUT2D eigenvalue weighted by Crippen LogP contribution is 2.32. The summed E-state index contributed by atoms with van der Waals surface area (Å²) >= 11 is 0. The second-order valence-corrected chi connectivity index (χ2v) is 9.11. The molecule has 0 aromatic carbocycles. The smallest absolute Gasteiger partial charge is 0.335 e. The van der Waals surface area contributed by atoms with Crippen LogP contribution in [0, 0.1) is 0 Å². The Balaban J connectivity index is 1.85. The average molecular weight is 559 g/mol. The normalized spacial score (nSPS) is 47.9. The molecule has 3 saturated heterocycles. The highest BCUT2D eigenvalue weighted by atomic mass is 16.7. The second kappa shape index (κ2) is 12.7. The number of rotatable bonds is 8. The number of hydrogen-bond acceptors (Lipinski definition) is 16. The van der Waals surface area contributed by atoms with Gasteiger partial charge in [0, 0.05) is 6.92 Å². The zero-order chi connectivity index (χ0) is 28.5. The minimum atomic E-state index is -2.07. The van der Waals surface area contributed by atoms with Gasteiger partial charge in [-0.25, -0.2) is 4.79 Å². The van der Waals surface area contributed by atoms with Gasteiger partial charge in [0.25, 0.3) is 0 Å². The number of carbonyl (C=O) groups is 2. The number of aliphatic carboxylic acids is 1. The predicted molar refractivity (Wildman–Crippen MR) is 113 cm³/mol. The summed E-state index contributed by atoms with van der Waals surface area (Å²) in [5, 5.41) is 102. The molecular formula is C20H33NO17. The topological polar surface area (TPSA) is 295 Å². The molecule has 18 nitrogen and oxygen atoms in total. The first-order chi connectivity index (χ1) is 17.8. The van der Waals surface area contributed by atoms with E-state index in [1.165, 1.54) is 0 Å². The monoisotopic (exact) mass is 559 g/mol. The minimum absolute atomic E-state index is 0.744. The molecule has 0 bridgehead atoms. The van der Waals surface area contributed by atoms with Crippen molar-refractivity contribution in [2.45, 2.75) is 99.0 Å². The Kier molecular flexibility index (Phi) is 10.3. The third kappa shape index (κ3) is 6.24. The van der Waals surface area contributed by atoms with Crippen molar-refractivity contribution in [3.8, 4) is 0 Å². The van der Waals surface area contributed by atoms with Crippen molar-refractivity contribution in [3.05, 3.63) is 0 Å². The lowest BCUT2D eigenvalue weighted by Gasteiger charge is -2.48. The molecule has 0 unspecified atom stereocenters. The second-order valence-electron chi connectivity index (χ2n) is 9.11. The Labute approximate surface area is 214 Å². The van der Waals surface area contributed by atoms with Gasteiger partial charge >= 0.3 is 5.97 Å². The van der Waals surface area contributed by atoms with Crippen LogP contribution in [0.4, 0.5) is 0 Å². The molecule has 3 aliphatic heterocycles. The molecule has 38 heavy (non-hydrogen) atoms. The fraction of sp³-hybridized carbons (Fsp3) is 0.900. The lowest BCUT2D eigenvalue weighted by Crippen LogP contribution is -2.69.